The van der Waals surface area contributed by atoms with Crippen LogP contribution in [-0.4, -0.2) is 67.4 Å². The SMILES string of the molecule is CC(C)n1cc2c(n1)C1(CCN(c3ncccn3)CC1)CN(C(=O)c1ccoc1)C2.O=C(O)C(F)(F)F. The van der Waals surface area contributed by atoms with Crippen LogP contribution in [0.5, 0.6) is 0 Å². The molecule has 0 aliphatic carbocycles. The van der Waals surface area contributed by atoms with E-state index >= 15 is 0 Å². The van der Waals surface area contributed by atoms with Gasteiger partial charge in [-0.3, -0.25) is 9.48 Å². The lowest BCUT2D eigenvalue weighted by Crippen LogP contribution is -2.53. The molecule has 3 aromatic rings. The molecule has 3 aromatic heterocycles. The van der Waals surface area contributed by atoms with Gasteiger partial charge in [-0.1, -0.05) is 0 Å². The molecule has 1 saturated heterocycles. The van der Waals surface area contributed by atoms with Crippen molar-refractivity contribution in [2.75, 3.05) is 24.5 Å². The molecule has 0 bridgehead atoms. The Morgan fingerprint density at radius 3 is 2.35 bits per heavy atom. The number of alkyl halides is 3. The molecular formula is C24H27F3N6O4. The van der Waals surface area contributed by atoms with Gasteiger partial charge in [0.15, 0.2) is 0 Å². The number of carboxylic acid groups (broad SMARTS) is 1. The predicted octanol–water partition coefficient (Wildman–Crippen LogP) is 3.67. The number of piperidine rings is 1. The zero-order chi connectivity index (χ0) is 26.8. The molecule has 198 valence electrons. The molecule has 0 atom stereocenters. The Balaban J connectivity index is 0.000000405. The van der Waals surface area contributed by atoms with E-state index in [-0.39, 0.29) is 17.4 Å². The van der Waals surface area contributed by atoms with E-state index in [4.69, 9.17) is 19.4 Å². The van der Waals surface area contributed by atoms with Gasteiger partial charge in [0.25, 0.3) is 5.91 Å². The third-order valence-electron chi connectivity index (χ3n) is 6.55. The molecule has 13 heteroatoms. The molecule has 2 aliphatic rings. The second-order valence-electron chi connectivity index (χ2n) is 9.37. The number of halogens is 3. The molecule has 0 unspecified atom stereocenters. The van der Waals surface area contributed by atoms with Gasteiger partial charge in [-0.25, -0.2) is 14.8 Å². The standard InChI is InChI=1S/C22H26N6O2.C2HF3O2/c1-16(2)28-13-18-12-27(20(29)17-4-11-30-14-17)15-22(19(18)25-28)5-9-26(10-6-22)21-23-7-3-8-24-21;3-2(4,5)1(6)7/h3-4,7-8,11,13-14,16H,5-6,9-10,12,15H2,1-2H3;(H,6,7). The number of aromatic nitrogens is 4. The van der Waals surface area contributed by atoms with Crippen LogP contribution in [0.1, 0.15) is 54.3 Å². The van der Waals surface area contributed by atoms with Gasteiger partial charge >= 0.3 is 12.1 Å². The van der Waals surface area contributed by atoms with E-state index in [0.717, 1.165) is 43.1 Å². The van der Waals surface area contributed by atoms with Crippen LogP contribution in [-0.2, 0) is 16.8 Å². The van der Waals surface area contributed by atoms with Gasteiger partial charge in [0, 0.05) is 61.8 Å². The van der Waals surface area contributed by atoms with Gasteiger partial charge in [-0.15, -0.1) is 0 Å². The molecule has 5 rings (SSSR count). The third kappa shape index (κ3) is 5.59. The average molecular weight is 521 g/mol. The summed E-state index contributed by atoms with van der Waals surface area (Å²) in [5.74, 6) is -1.98. The van der Waals surface area contributed by atoms with Crippen LogP contribution in [0.4, 0.5) is 19.1 Å². The number of hydrogen-bond acceptors (Lipinski definition) is 7. The van der Waals surface area contributed by atoms with Crippen molar-refractivity contribution in [3.05, 3.63) is 60.1 Å². The third-order valence-corrected chi connectivity index (χ3v) is 6.55. The van der Waals surface area contributed by atoms with Crippen LogP contribution in [0.25, 0.3) is 0 Å². The maximum Gasteiger partial charge on any atom is 0.490 e. The second-order valence-corrected chi connectivity index (χ2v) is 9.37. The van der Waals surface area contributed by atoms with Gasteiger partial charge in [-0.2, -0.15) is 18.3 Å². The van der Waals surface area contributed by atoms with Crippen LogP contribution in [0.3, 0.4) is 0 Å². The predicted molar refractivity (Wildman–Crippen MR) is 125 cm³/mol. The Bertz CT molecular complexity index is 1220. The Labute approximate surface area is 210 Å². The van der Waals surface area contributed by atoms with Crippen LogP contribution < -0.4 is 4.90 Å². The van der Waals surface area contributed by atoms with Crippen molar-refractivity contribution >= 4 is 17.8 Å². The summed E-state index contributed by atoms with van der Waals surface area (Å²) in [7, 11) is 0. The first-order valence-corrected chi connectivity index (χ1v) is 11.7. The quantitative estimate of drug-likeness (QED) is 0.556. The lowest BCUT2D eigenvalue weighted by Gasteiger charge is -2.46. The smallest absolute Gasteiger partial charge is 0.475 e. The number of fused-ring (bicyclic) bond motifs is 2. The van der Waals surface area contributed by atoms with Crippen LogP contribution in [0.15, 0.2) is 47.7 Å². The highest BCUT2D eigenvalue weighted by atomic mass is 19.4. The fraction of sp³-hybridized carbons (Fsp3) is 0.458. The summed E-state index contributed by atoms with van der Waals surface area (Å²) in [6.07, 6.45) is 5.47. The van der Waals surface area contributed by atoms with E-state index in [1.807, 2.05) is 15.6 Å². The molecule has 37 heavy (non-hydrogen) atoms. The fourth-order valence-corrected chi connectivity index (χ4v) is 4.65. The lowest BCUT2D eigenvalue weighted by molar-refractivity contribution is -0.192. The first-order chi connectivity index (χ1) is 17.5. The lowest BCUT2D eigenvalue weighted by atomic mass is 9.72. The number of carbonyl (C=O) groups excluding carboxylic acids is 1. The van der Waals surface area contributed by atoms with Gasteiger partial charge < -0.3 is 19.3 Å². The van der Waals surface area contributed by atoms with E-state index in [1.54, 1.807) is 24.7 Å². The largest absolute Gasteiger partial charge is 0.490 e. The summed E-state index contributed by atoms with van der Waals surface area (Å²) in [6, 6.07) is 3.85. The molecule has 10 nitrogen and oxygen atoms in total. The maximum absolute atomic E-state index is 13.1. The van der Waals surface area contributed by atoms with E-state index in [2.05, 4.69) is 34.9 Å². The number of furan rings is 1. The maximum atomic E-state index is 13.1. The molecule has 1 N–H and O–H groups in total. The van der Waals surface area contributed by atoms with E-state index in [1.165, 1.54) is 6.26 Å². The number of amides is 1. The van der Waals surface area contributed by atoms with Crippen LogP contribution >= 0.6 is 0 Å². The minimum atomic E-state index is -5.08. The number of carbonyl (C=O) groups is 2. The van der Waals surface area contributed by atoms with Crippen molar-refractivity contribution in [3.8, 4) is 0 Å². The van der Waals surface area contributed by atoms with Crippen molar-refractivity contribution in [2.24, 2.45) is 0 Å². The van der Waals surface area contributed by atoms with Crippen molar-refractivity contribution < 1.29 is 32.3 Å². The first kappa shape index (κ1) is 26.2. The Morgan fingerprint density at radius 2 is 1.81 bits per heavy atom. The molecule has 2 aliphatic heterocycles. The molecule has 1 amide bonds. The van der Waals surface area contributed by atoms with Gasteiger partial charge in [0.1, 0.15) is 6.26 Å². The Kier molecular flexibility index (Phi) is 7.23. The summed E-state index contributed by atoms with van der Waals surface area (Å²) in [4.78, 5) is 35.0. The van der Waals surface area contributed by atoms with Crippen molar-refractivity contribution in [3.63, 3.8) is 0 Å². The molecular weight excluding hydrogens is 493 g/mol. The Hall–Kier alpha value is -3.90. The summed E-state index contributed by atoms with van der Waals surface area (Å²) in [5.41, 5.74) is 2.75. The highest BCUT2D eigenvalue weighted by Gasteiger charge is 2.46. The topological polar surface area (TPSA) is 118 Å². The van der Waals surface area contributed by atoms with Gasteiger partial charge in [-0.05, 0) is 38.8 Å². The van der Waals surface area contributed by atoms with Crippen molar-refractivity contribution in [2.45, 2.75) is 50.9 Å². The van der Waals surface area contributed by atoms with Crippen molar-refractivity contribution in [1.82, 2.24) is 24.6 Å². The summed E-state index contributed by atoms with van der Waals surface area (Å²) >= 11 is 0. The van der Waals surface area contributed by atoms with Gasteiger partial charge in [0.05, 0.1) is 17.5 Å². The van der Waals surface area contributed by atoms with E-state index in [9.17, 15) is 18.0 Å². The minimum absolute atomic E-state index is 0.0138. The number of rotatable bonds is 3. The Morgan fingerprint density at radius 1 is 1.16 bits per heavy atom. The summed E-state index contributed by atoms with van der Waals surface area (Å²) in [5, 5.41) is 12.1. The van der Waals surface area contributed by atoms with Crippen molar-refractivity contribution in [1.29, 1.82) is 0 Å². The average Bonchev–Trinajstić information content (AvgIpc) is 3.55. The summed E-state index contributed by atoms with van der Waals surface area (Å²) in [6.45, 7) is 7.20. The monoisotopic (exact) mass is 520 g/mol. The highest BCUT2D eigenvalue weighted by molar-refractivity contribution is 5.94. The van der Waals surface area contributed by atoms with Gasteiger partial charge in [0.2, 0.25) is 5.95 Å². The molecule has 0 radical (unpaired) electrons. The number of carboxylic acids is 1. The van der Waals surface area contributed by atoms with Crippen LogP contribution in [0.2, 0.25) is 0 Å². The highest BCUT2D eigenvalue weighted by Crippen LogP contribution is 2.42. The van der Waals surface area contributed by atoms with E-state index < -0.39 is 12.1 Å². The number of hydrogen-bond donors (Lipinski definition) is 1. The molecule has 1 fully saturated rings. The number of aliphatic carboxylic acids is 1. The van der Waals surface area contributed by atoms with Crippen LogP contribution in [0, 0.1) is 0 Å². The zero-order valence-electron chi connectivity index (χ0n) is 20.4. The zero-order valence-corrected chi connectivity index (χ0v) is 20.4. The fourth-order valence-electron chi connectivity index (χ4n) is 4.65. The normalized spacial score (nSPS) is 16.8. The second kappa shape index (κ2) is 10.2. The number of nitrogens with zero attached hydrogens (tertiary/aromatic N) is 6. The number of anilines is 1. The first-order valence-electron chi connectivity index (χ1n) is 11.7. The molecule has 5 heterocycles. The summed E-state index contributed by atoms with van der Waals surface area (Å²) < 4.78 is 38.9. The minimum Gasteiger partial charge on any atom is -0.475 e. The molecule has 1 spiro atoms. The molecule has 0 saturated carbocycles. The molecule has 0 aromatic carbocycles. The van der Waals surface area contributed by atoms with E-state index in [0.29, 0.717) is 18.7 Å².